The molecule has 1 aliphatic rings. The minimum Gasteiger partial charge on any atom is -0.324 e. The average molecular weight is 312 g/mol. The summed E-state index contributed by atoms with van der Waals surface area (Å²) in [5.74, 6) is 1.20. The molecule has 2 heterocycles. The molecule has 1 atom stereocenters. The zero-order chi connectivity index (χ0) is 13.1. The van der Waals surface area contributed by atoms with Crippen molar-refractivity contribution in [3.63, 3.8) is 0 Å². The maximum Gasteiger partial charge on any atom is 0.323 e. The van der Waals surface area contributed by atoms with Crippen molar-refractivity contribution in [1.82, 2.24) is 9.88 Å². The summed E-state index contributed by atoms with van der Waals surface area (Å²) in [7, 11) is 0. The number of aryl methyl sites for hydroxylation is 1. The summed E-state index contributed by atoms with van der Waals surface area (Å²) in [6, 6.07) is 3.66. The number of likely N-dealkylation sites (tertiary alicyclic amines) is 1. The van der Waals surface area contributed by atoms with E-state index in [9.17, 15) is 4.79 Å². The highest BCUT2D eigenvalue weighted by Crippen LogP contribution is 2.18. The summed E-state index contributed by atoms with van der Waals surface area (Å²) >= 11 is 3.39. The monoisotopic (exact) mass is 311 g/mol. The molecule has 2 rings (SSSR count). The summed E-state index contributed by atoms with van der Waals surface area (Å²) in [5.41, 5.74) is 0.875. The molecule has 0 aromatic carbocycles. The summed E-state index contributed by atoms with van der Waals surface area (Å²) in [5, 5.41) is 2.86. The lowest BCUT2D eigenvalue weighted by Gasteiger charge is -2.30. The number of nitrogens with zero attached hydrogens (tertiary/aromatic N) is 2. The maximum absolute atomic E-state index is 12.1. The number of urea groups is 1. The molecule has 0 radical (unpaired) electrons. The third-order valence-corrected chi connectivity index (χ3v) is 4.04. The van der Waals surface area contributed by atoms with Crippen LogP contribution >= 0.6 is 15.9 Å². The number of carbonyl (C=O) groups is 1. The van der Waals surface area contributed by atoms with Gasteiger partial charge in [-0.05, 0) is 53.7 Å². The van der Waals surface area contributed by atoms with Gasteiger partial charge in [0.15, 0.2) is 0 Å². The van der Waals surface area contributed by atoms with E-state index in [-0.39, 0.29) is 6.03 Å². The first-order valence-corrected chi connectivity index (χ1v) is 7.04. The van der Waals surface area contributed by atoms with Crippen LogP contribution in [0.5, 0.6) is 0 Å². The highest BCUT2D eigenvalue weighted by Gasteiger charge is 2.21. The van der Waals surface area contributed by atoms with Crippen molar-refractivity contribution in [2.75, 3.05) is 18.4 Å². The van der Waals surface area contributed by atoms with E-state index in [1.165, 1.54) is 6.42 Å². The van der Waals surface area contributed by atoms with E-state index < -0.39 is 0 Å². The van der Waals surface area contributed by atoms with Crippen LogP contribution in [0.2, 0.25) is 0 Å². The van der Waals surface area contributed by atoms with Gasteiger partial charge in [0.05, 0.1) is 5.69 Å². The molecule has 98 valence electrons. The minimum atomic E-state index is -0.0456. The average Bonchev–Trinajstić information content (AvgIpc) is 2.34. The topological polar surface area (TPSA) is 45.2 Å². The first-order valence-electron chi connectivity index (χ1n) is 6.25. The standard InChI is InChI=1S/C13H18BrN3O/c1-9-4-3-7-17(8-9)13(18)16-12-6-5-11(14)10(2)15-12/h5-6,9H,3-4,7-8H2,1-2H3,(H,15,16,18). The third kappa shape index (κ3) is 3.22. The Morgan fingerprint density at radius 1 is 1.56 bits per heavy atom. The van der Waals surface area contributed by atoms with E-state index >= 15 is 0 Å². The van der Waals surface area contributed by atoms with Gasteiger partial charge in [0.1, 0.15) is 5.82 Å². The highest BCUT2D eigenvalue weighted by atomic mass is 79.9. The Morgan fingerprint density at radius 2 is 2.33 bits per heavy atom. The van der Waals surface area contributed by atoms with Crippen LogP contribution in [0.25, 0.3) is 0 Å². The number of carbonyl (C=O) groups excluding carboxylic acids is 1. The van der Waals surface area contributed by atoms with E-state index in [2.05, 4.69) is 33.2 Å². The maximum atomic E-state index is 12.1. The predicted octanol–water partition coefficient (Wildman–Crippen LogP) is 3.42. The first kappa shape index (κ1) is 13.3. The van der Waals surface area contributed by atoms with E-state index in [4.69, 9.17) is 0 Å². The van der Waals surface area contributed by atoms with Gasteiger partial charge < -0.3 is 4.90 Å². The van der Waals surface area contributed by atoms with Crippen molar-refractivity contribution in [3.8, 4) is 0 Å². The molecule has 0 bridgehead atoms. The smallest absolute Gasteiger partial charge is 0.323 e. The van der Waals surface area contributed by atoms with Gasteiger partial charge in [-0.1, -0.05) is 6.92 Å². The normalized spacial score (nSPS) is 19.7. The molecule has 18 heavy (non-hydrogen) atoms. The van der Waals surface area contributed by atoms with Gasteiger partial charge in [0.2, 0.25) is 0 Å². The molecule has 1 N–H and O–H groups in total. The largest absolute Gasteiger partial charge is 0.324 e. The third-order valence-electron chi connectivity index (χ3n) is 3.20. The van der Waals surface area contributed by atoms with Crippen LogP contribution < -0.4 is 5.32 Å². The van der Waals surface area contributed by atoms with Gasteiger partial charge in [-0.15, -0.1) is 0 Å². The molecule has 2 amide bonds. The second-order valence-corrected chi connectivity index (χ2v) is 5.74. The Morgan fingerprint density at radius 3 is 3.00 bits per heavy atom. The van der Waals surface area contributed by atoms with Gasteiger partial charge in [-0.2, -0.15) is 0 Å². The van der Waals surface area contributed by atoms with Gasteiger partial charge >= 0.3 is 6.03 Å². The molecule has 1 saturated heterocycles. The van der Waals surface area contributed by atoms with Crippen LogP contribution in [-0.2, 0) is 0 Å². The fourth-order valence-corrected chi connectivity index (χ4v) is 2.40. The van der Waals surface area contributed by atoms with Crippen molar-refractivity contribution in [2.24, 2.45) is 5.92 Å². The van der Waals surface area contributed by atoms with Gasteiger partial charge in [-0.3, -0.25) is 5.32 Å². The fraction of sp³-hybridized carbons (Fsp3) is 0.538. The molecule has 1 fully saturated rings. The molecule has 1 aliphatic heterocycles. The number of piperidine rings is 1. The van der Waals surface area contributed by atoms with Crippen LogP contribution in [0.15, 0.2) is 16.6 Å². The molecule has 1 aromatic rings. The van der Waals surface area contributed by atoms with Gasteiger partial charge in [-0.25, -0.2) is 9.78 Å². The van der Waals surface area contributed by atoms with Crippen LogP contribution in [0.4, 0.5) is 10.6 Å². The van der Waals surface area contributed by atoms with E-state index in [0.29, 0.717) is 11.7 Å². The predicted molar refractivity (Wildman–Crippen MR) is 75.7 cm³/mol. The number of nitrogens with one attached hydrogen (secondary N) is 1. The SMILES string of the molecule is Cc1nc(NC(=O)N2CCCC(C)C2)ccc1Br. The van der Waals surface area contributed by atoms with Gasteiger partial charge in [0.25, 0.3) is 0 Å². The number of hydrogen-bond acceptors (Lipinski definition) is 2. The molecule has 0 aliphatic carbocycles. The molecule has 1 aromatic heterocycles. The van der Waals surface area contributed by atoms with Crippen molar-refractivity contribution in [2.45, 2.75) is 26.7 Å². The quantitative estimate of drug-likeness (QED) is 0.863. The number of rotatable bonds is 1. The summed E-state index contributed by atoms with van der Waals surface area (Å²) < 4.78 is 0.951. The van der Waals surface area contributed by atoms with Crippen LogP contribution in [0, 0.1) is 12.8 Å². The Hall–Kier alpha value is -1.10. The molecule has 0 spiro atoms. The summed E-state index contributed by atoms with van der Waals surface area (Å²) in [6.07, 6.45) is 2.29. The second kappa shape index (κ2) is 5.69. The first-order chi connectivity index (χ1) is 8.56. The lowest BCUT2D eigenvalue weighted by atomic mass is 10.0. The minimum absolute atomic E-state index is 0.0456. The van der Waals surface area contributed by atoms with Crippen molar-refractivity contribution in [3.05, 3.63) is 22.3 Å². The fourth-order valence-electron chi connectivity index (χ4n) is 2.18. The van der Waals surface area contributed by atoms with Crippen LogP contribution in [-0.4, -0.2) is 29.0 Å². The van der Waals surface area contributed by atoms with E-state index in [0.717, 1.165) is 29.7 Å². The van der Waals surface area contributed by atoms with Crippen molar-refractivity contribution >= 4 is 27.8 Å². The zero-order valence-corrected chi connectivity index (χ0v) is 12.3. The molecular formula is C13H18BrN3O. The van der Waals surface area contributed by atoms with Crippen molar-refractivity contribution in [1.29, 1.82) is 0 Å². The van der Waals surface area contributed by atoms with Crippen molar-refractivity contribution < 1.29 is 4.79 Å². The Balaban J connectivity index is 2.00. The molecule has 4 nitrogen and oxygen atoms in total. The Kier molecular flexibility index (Phi) is 4.22. The highest BCUT2D eigenvalue weighted by molar-refractivity contribution is 9.10. The number of anilines is 1. The second-order valence-electron chi connectivity index (χ2n) is 4.89. The molecule has 0 saturated carbocycles. The number of pyridine rings is 1. The van der Waals surface area contributed by atoms with Crippen LogP contribution in [0.3, 0.4) is 0 Å². The lowest BCUT2D eigenvalue weighted by Crippen LogP contribution is -2.41. The molecule has 5 heteroatoms. The van der Waals surface area contributed by atoms with E-state index in [1.807, 2.05) is 24.0 Å². The number of hydrogen-bond donors (Lipinski definition) is 1. The number of amides is 2. The Labute approximate surface area is 116 Å². The number of halogens is 1. The van der Waals surface area contributed by atoms with E-state index in [1.54, 1.807) is 0 Å². The lowest BCUT2D eigenvalue weighted by molar-refractivity contribution is 0.182. The van der Waals surface area contributed by atoms with Crippen LogP contribution in [0.1, 0.15) is 25.5 Å². The molecular weight excluding hydrogens is 294 g/mol. The molecule has 1 unspecified atom stereocenters. The zero-order valence-electron chi connectivity index (χ0n) is 10.7. The summed E-state index contributed by atoms with van der Waals surface area (Å²) in [4.78, 5) is 18.3. The van der Waals surface area contributed by atoms with Gasteiger partial charge in [0, 0.05) is 17.6 Å². The summed E-state index contributed by atoms with van der Waals surface area (Å²) in [6.45, 7) is 5.76. The Bertz CT molecular complexity index is 450. The number of aromatic nitrogens is 1.